The number of hydrogen-bond donors (Lipinski definition) is 1. The smallest absolute Gasteiger partial charge is 0.445 e. The summed E-state index contributed by atoms with van der Waals surface area (Å²) in [5.74, 6) is 0.184. The lowest BCUT2D eigenvalue weighted by Crippen LogP contribution is -2.53. The van der Waals surface area contributed by atoms with Gasteiger partial charge in [-0.1, -0.05) is 38.1 Å². The first-order valence-electron chi connectivity index (χ1n) is 11.8. The van der Waals surface area contributed by atoms with Crippen LogP contribution in [0.2, 0.25) is 0 Å². The minimum Gasteiger partial charge on any atom is -0.445 e. The van der Waals surface area contributed by atoms with Crippen molar-refractivity contribution < 1.29 is 27.4 Å². The first-order valence-corrected chi connectivity index (χ1v) is 11.8. The molecule has 6 rings (SSSR count). The molecule has 34 heavy (non-hydrogen) atoms. The van der Waals surface area contributed by atoms with Crippen molar-refractivity contribution in [1.29, 1.82) is 0 Å². The van der Waals surface area contributed by atoms with E-state index >= 15 is 0 Å². The third-order valence-corrected chi connectivity index (χ3v) is 7.42. The second-order valence-electron chi connectivity index (χ2n) is 10.3. The molecule has 8 heteroatoms. The molecule has 2 aromatic carbocycles. The zero-order valence-electron chi connectivity index (χ0n) is 19.3. The van der Waals surface area contributed by atoms with E-state index in [2.05, 4.69) is 28.8 Å². The van der Waals surface area contributed by atoms with E-state index in [1.54, 1.807) is 12.1 Å². The van der Waals surface area contributed by atoms with Gasteiger partial charge in [-0.2, -0.15) is 0 Å². The first-order chi connectivity index (χ1) is 16.1. The Kier molecular flexibility index (Phi) is 5.74. The van der Waals surface area contributed by atoms with Crippen molar-refractivity contribution in [1.82, 2.24) is 10.2 Å². The molecule has 2 aromatic rings. The van der Waals surface area contributed by atoms with Gasteiger partial charge >= 0.3 is 12.5 Å². The highest BCUT2D eigenvalue weighted by Gasteiger charge is 2.42. The number of carbonyl (C=O) groups is 1. The maximum atomic E-state index is 12.9. The van der Waals surface area contributed by atoms with Gasteiger partial charge in [-0.3, -0.25) is 4.90 Å². The summed E-state index contributed by atoms with van der Waals surface area (Å²) < 4.78 is 47.2. The molecule has 2 atom stereocenters. The molecule has 4 aliphatic rings. The number of piperidine rings is 3. The molecule has 1 aliphatic carbocycles. The van der Waals surface area contributed by atoms with E-state index in [-0.39, 0.29) is 29.4 Å². The summed E-state index contributed by atoms with van der Waals surface area (Å²) in [5.41, 5.74) is 3.62. The fourth-order valence-corrected chi connectivity index (χ4v) is 5.67. The van der Waals surface area contributed by atoms with Crippen LogP contribution in [0, 0.1) is 11.3 Å². The normalized spacial score (nSPS) is 27.2. The summed E-state index contributed by atoms with van der Waals surface area (Å²) in [6.45, 7) is 7.22. The van der Waals surface area contributed by atoms with Gasteiger partial charge in [-0.25, -0.2) is 4.79 Å². The molecular weight excluding hydrogens is 445 g/mol. The Morgan fingerprint density at radius 3 is 2.35 bits per heavy atom. The quantitative estimate of drug-likeness (QED) is 0.618. The highest BCUT2D eigenvalue weighted by Crippen LogP contribution is 2.46. The van der Waals surface area contributed by atoms with Gasteiger partial charge in [0.2, 0.25) is 0 Å². The second kappa shape index (κ2) is 8.48. The van der Waals surface area contributed by atoms with Crippen LogP contribution in [0.5, 0.6) is 5.75 Å². The standard InChI is InChI=1S/C26H29F3N2O3/c1-25(2)14-19-4-3-18(16-5-7-20(8-6-16)34-26(27,28)29)13-21(19)23(25)30-24(32)33-22-15-31-11-9-17(22)10-12-31/h3-8,13,17,22-23H,9-12,14-15H2,1-2H3,(H,30,32)/t22-,23?/m0/s1. The summed E-state index contributed by atoms with van der Waals surface area (Å²) >= 11 is 0. The van der Waals surface area contributed by atoms with Crippen molar-refractivity contribution in [2.45, 2.75) is 51.6 Å². The summed E-state index contributed by atoms with van der Waals surface area (Å²) in [5, 5.41) is 3.12. The third-order valence-electron chi connectivity index (χ3n) is 7.42. The number of alkyl carbamates (subject to hydrolysis) is 1. The van der Waals surface area contributed by atoms with E-state index in [4.69, 9.17) is 4.74 Å². The van der Waals surface area contributed by atoms with Crippen LogP contribution in [0.15, 0.2) is 42.5 Å². The van der Waals surface area contributed by atoms with E-state index in [1.807, 2.05) is 18.2 Å². The number of alkyl halides is 3. The fourth-order valence-electron chi connectivity index (χ4n) is 5.67. The van der Waals surface area contributed by atoms with Gasteiger partial charge in [-0.15, -0.1) is 13.2 Å². The SMILES string of the molecule is CC1(C)Cc2ccc(-c3ccc(OC(F)(F)F)cc3)cc2C1NC(=O)O[C@H]1CN2CCC1CC2. The van der Waals surface area contributed by atoms with Crippen LogP contribution in [0.25, 0.3) is 11.1 Å². The maximum absolute atomic E-state index is 12.9. The number of nitrogens with zero attached hydrogens (tertiary/aromatic N) is 1. The first kappa shape index (κ1) is 23.0. The molecule has 1 amide bonds. The summed E-state index contributed by atoms with van der Waals surface area (Å²) in [7, 11) is 0. The number of hydrogen-bond acceptors (Lipinski definition) is 4. The Morgan fingerprint density at radius 2 is 1.74 bits per heavy atom. The second-order valence-corrected chi connectivity index (χ2v) is 10.3. The van der Waals surface area contributed by atoms with Gasteiger partial charge in [0.05, 0.1) is 6.04 Å². The van der Waals surface area contributed by atoms with Gasteiger partial charge in [0.25, 0.3) is 0 Å². The molecule has 3 fully saturated rings. The van der Waals surface area contributed by atoms with Crippen molar-refractivity contribution in [3.63, 3.8) is 0 Å². The zero-order valence-corrected chi connectivity index (χ0v) is 19.3. The minimum atomic E-state index is -4.72. The Labute approximate surface area is 197 Å². The van der Waals surface area contributed by atoms with Crippen molar-refractivity contribution in [3.8, 4) is 16.9 Å². The molecule has 3 saturated heterocycles. The molecule has 5 nitrogen and oxygen atoms in total. The van der Waals surface area contributed by atoms with Gasteiger partial charge < -0.3 is 14.8 Å². The highest BCUT2D eigenvalue weighted by molar-refractivity contribution is 5.70. The molecule has 3 heterocycles. The number of carbonyl (C=O) groups excluding carboxylic acids is 1. The molecule has 0 spiro atoms. The van der Waals surface area contributed by atoms with Gasteiger partial charge in [0.1, 0.15) is 11.9 Å². The Bertz CT molecular complexity index is 1060. The predicted octanol–water partition coefficient (Wildman–Crippen LogP) is 5.70. The molecule has 1 unspecified atom stereocenters. The van der Waals surface area contributed by atoms with E-state index in [0.29, 0.717) is 5.92 Å². The number of rotatable bonds is 4. The average Bonchev–Trinajstić information content (AvgIpc) is 3.03. The van der Waals surface area contributed by atoms with E-state index in [1.165, 1.54) is 12.1 Å². The molecule has 0 saturated carbocycles. The van der Waals surface area contributed by atoms with E-state index in [9.17, 15) is 18.0 Å². The lowest BCUT2D eigenvalue weighted by atomic mass is 9.85. The molecule has 182 valence electrons. The topological polar surface area (TPSA) is 50.8 Å². The van der Waals surface area contributed by atoms with Crippen LogP contribution < -0.4 is 10.1 Å². The minimum absolute atomic E-state index is 0.0600. The van der Waals surface area contributed by atoms with Crippen LogP contribution in [0.1, 0.15) is 43.9 Å². The van der Waals surface area contributed by atoms with Crippen molar-refractivity contribution in [2.75, 3.05) is 19.6 Å². The number of halogens is 3. The number of ether oxygens (including phenoxy) is 2. The van der Waals surface area contributed by atoms with Crippen molar-refractivity contribution >= 4 is 6.09 Å². The van der Waals surface area contributed by atoms with Crippen LogP contribution in [-0.4, -0.2) is 43.1 Å². The van der Waals surface area contributed by atoms with Gasteiger partial charge in [0, 0.05) is 6.54 Å². The third kappa shape index (κ3) is 4.73. The molecule has 0 aromatic heterocycles. The van der Waals surface area contributed by atoms with Crippen LogP contribution in [-0.2, 0) is 11.2 Å². The lowest BCUT2D eigenvalue weighted by Gasteiger charge is -2.44. The average molecular weight is 475 g/mol. The van der Waals surface area contributed by atoms with E-state index < -0.39 is 6.36 Å². The predicted molar refractivity (Wildman–Crippen MR) is 121 cm³/mol. The monoisotopic (exact) mass is 474 g/mol. The summed E-state index contributed by atoms with van der Waals surface area (Å²) in [4.78, 5) is 15.2. The molecular formula is C26H29F3N2O3. The van der Waals surface area contributed by atoms with Crippen molar-refractivity contribution in [3.05, 3.63) is 53.6 Å². The number of benzene rings is 2. The summed E-state index contributed by atoms with van der Waals surface area (Å²) in [6.07, 6.45) is -2.20. The Balaban J connectivity index is 1.32. The van der Waals surface area contributed by atoms with Crippen LogP contribution in [0.4, 0.5) is 18.0 Å². The number of fused-ring (bicyclic) bond motifs is 4. The summed E-state index contributed by atoms with van der Waals surface area (Å²) in [6, 6.07) is 11.6. The van der Waals surface area contributed by atoms with E-state index in [0.717, 1.165) is 61.2 Å². The Hall–Kier alpha value is -2.74. The molecule has 0 radical (unpaired) electrons. The van der Waals surface area contributed by atoms with Crippen LogP contribution in [0.3, 0.4) is 0 Å². The number of amides is 1. The molecule has 1 N–H and O–H groups in total. The molecule has 2 bridgehead atoms. The van der Waals surface area contributed by atoms with Gasteiger partial charge in [-0.05, 0) is 84.1 Å². The fraction of sp³-hybridized carbons (Fsp3) is 0.500. The van der Waals surface area contributed by atoms with Crippen molar-refractivity contribution in [2.24, 2.45) is 11.3 Å². The molecule has 3 aliphatic heterocycles. The lowest BCUT2D eigenvalue weighted by molar-refractivity contribution is -0.274. The number of nitrogens with one attached hydrogen (secondary N) is 1. The van der Waals surface area contributed by atoms with Crippen LogP contribution >= 0.6 is 0 Å². The van der Waals surface area contributed by atoms with Gasteiger partial charge in [0.15, 0.2) is 0 Å². The highest BCUT2D eigenvalue weighted by atomic mass is 19.4. The largest absolute Gasteiger partial charge is 0.573 e. The maximum Gasteiger partial charge on any atom is 0.573 e. The zero-order chi connectivity index (χ0) is 24.1. The Morgan fingerprint density at radius 1 is 1.06 bits per heavy atom.